The lowest BCUT2D eigenvalue weighted by Gasteiger charge is -2.18. The smallest absolute Gasteiger partial charge is 0.0534 e. The summed E-state index contributed by atoms with van der Waals surface area (Å²) in [5.74, 6) is 1.49. The van der Waals surface area contributed by atoms with Crippen molar-refractivity contribution in [3.8, 4) is 0 Å². The van der Waals surface area contributed by atoms with Crippen LogP contribution in [0.4, 0.5) is 0 Å². The Bertz CT molecular complexity index is 298. The zero-order valence-electron chi connectivity index (χ0n) is 10.5. The van der Waals surface area contributed by atoms with E-state index in [1.165, 1.54) is 12.0 Å². The summed E-state index contributed by atoms with van der Waals surface area (Å²) < 4.78 is 1.85. The lowest BCUT2D eigenvalue weighted by Crippen LogP contribution is -2.20. The summed E-state index contributed by atoms with van der Waals surface area (Å²) in [6, 6.07) is 0. The summed E-state index contributed by atoms with van der Waals surface area (Å²) in [5, 5.41) is 4.17. The third-order valence-electron chi connectivity index (χ3n) is 2.82. The number of aromatic nitrogens is 2. The normalized spacial score (nSPS) is 13.3. The molecule has 0 aliphatic heterocycles. The molecular formula is C12H22ClN3. The largest absolute Gasteiger partial charge is 0.302 e. The van der Waals surface area contributed by atoms with Gasteiger partial charge in [-0.05, 0) is 32.4 Å². The van der Waals surface area contributed by atoms with Crippen molar-refractivity contribution in [2.45, 2.75) is 26.3 Å². The number of aryl methyl sites for hydroxylation is 1. The van der Waals surface area contributed by atoms with E-state index >= 15 is 0 Å². The molecule has 92 valence electrons. The summed E-state index contributed by atoms with van der Waals surface area (Å²) in [5.41, 5.74) is 1.27. The van der Waals surface area contributed by atoms with E-state index in [-0.39, 0.29) is 0 Å². The Balaban J connectivity index is 2.23. The molecule has 0 saturated carbocycles. The van der Waals surface area contributed by atoms with Crippen molar-refractivity contribution in [2.75, 3.05) is 19.5 Å². The highest BCUT2D eigenvalue weighted by molar-refractivity contribution is 6.17. The maximum absolute atomic E-state index is 5.72. The first-order chi connectivity index (χ1) is 7.61. The van der Waals surface area contributed by atoms with Gasteiger partial charge in [0, 0.05) is 31.2 Å². The van der Waals surface area contributed by atoms with Gasteiger partial charge < -0.3 is 4.90 Å². The van der Waals surface area contributed by atoms with Crippen LogP contribution in [0.5, 0.6) is 0 Å². The van der Waals surface area contributed by atoms with Gasteiger partial charge >= 0.3 is 0 Å². The quantitative estimate of drug-likeness (QED) is 0.687. The highest BCUT2D eigenvalue weighted by atomic mass is 35.5. The molecule has 1 atom stereocenters. The van der Waals surface area contributed by atoms with Gasteiger partial charge in [-0.1, -0.05) is 6.92 Å². The van der Waals surface area contributed by atoms with Crippen LogP contribution in [-0.2, 0) is 13.6 Å². The second kappa shape index (κ2) is 6.92. The van der Waals surface area contributed by atoms with Crippen LogP contribution in [0.2, 0.25) is 0 Å². The molecule has 0 bridgehead atoms. The van der Waals surface area contributed by atoms with Gasteiger partial charge in [0.1, 0.15) is 0 Å². The molecule has 1 unspecified atom stereocenters. The average Bonchev–Trinajstić information content (AvgIpc) is 2.61. The van der Waals surface area contributed by atoms with E-state index in [9.17, 15) is 0 Å². The zero-order chi connectivity index (χ0) is 12.0. The third kappa shape index (κ3) is 4.99. The highest BCUT2D eigenvalue weighted by Gasteiger charge is 2.05. The minimum Gasteiger partial charge on any atom is -0.302 e. The van der Waals surface area contributed by atoms with Crippen molar-refractivity contribution >= 4 is 11.6 Å². The van der Waals surface area contributed by atoms with Crippen LogP contribution in [0.1, 0.15) is 25.3 Å². The second-order valence-corrected chi connectivity index (χ2v) is 5.01. The fraction of sp³-hybridized carbons (Fsp3) is 0.750. The highest BCUT2D eigenvalue weighted by Crippen LogP contribution is 2.10. The van der Waals surface area contributed by atoms with Crippen molar-refractivity contribution in [1.29, 1.82) is 0 Å². The van der Waals surface area contributed by atoms with E-state index in [1.807, 2.05) is 17.9 Å². The van der Waals surface area contributed by atoms with Gasteiger partial charge in [-0.2, -0.15) is 5.10 Å². The van der Waals surface area contributed by atoms with Crippen LogP contribution in [0.15, 0.2) is 12.4 Å². The van der Waals surface area contributed by atoms with E-state index in [2.05, 4.69) is 30.2 Å². The summed E-state index contributed by atoms with van der Waals surface area (Å²) in [6.45, 7) is 4.36. The molecule has 0 radical (unpaired) electrons. The van der Waals surface area contributed by atoms with Crippen LogP contribution < -0.4 is 0 Å². The van der Waals surface area contributed by atoms with Crippen molar-refractivity contribution < 1.29 is 0 Å². The predicted octanol–water partition coefficient (Wildman–Crippen LogP) is 2.51. The maximum Gasteiger partial charge on any atom is 0.0534 e. The predicted molar refractivity (Wildman–Crippen MR) is 68.7 cm³/mol. The molecule has 0 N–H and O–H groups in total. The van der Waals surface area contributed by atoms with Gasteiger partial charge in [0.2, 0.25) is 0 Å². The minimum absolute atomic E-state index is 0.717. The molecule has 0 aliphatic rings. The number of nitrogens with zero attached hydrogens (tertiary/aromatic N) is 3. The van der Waals surface area contributed by atoms with Crippen molar-refractivity contribution in [3.05, 3.63) is 18.0 Å². The molecule has 0 aliphatic carbocycles. The van der Waals surface area contributed by atoms with Gasteiger partial charge in [0.15, 0.2) is 0 Å². The van der Waals surface area contributed by atoms with Gasteiger partial charge in [-0.3, -0.25) is 4.68 Å². The summed E-state index contributed by atoms with van der Waals surface area (Å²) in [6.07, 6.45) is 6.32. The van der Waals surface area contributed by atoms with E-state index < -0.39 is 0 Å². The van der Waals surface area contributed by atoms with Crippen molar-refractivity contribution in [2.24, 2.45) is 13.0 Å². The first-order valence-corrected chi connectivity index (χ1v) is 6.37. The molecule has 1 aromatic rings. The van der Waals surface area contributed by atoms with E-state index in [4.69, 9.17) is 11.6 Å². The summed E-state index contributed by atoms with van der Waals surface area (Å²) in [7, 11) is 4.10. The van der Waals surface area contributed by atoms with Gasteiger partial charge in [0.05, 0.1) is 6.20 Å². The zero-order valence-corrected chi connectivity index (χ0v) is 11.2. The van der Waals surface area contributed by atoms with Gasteiger partial charge in [-0.25, -0.2) is 0 Å². The van der Waals surface area contributed by atoms with Crippen LogP contribution >= 0.6 is 11.6 Å². The van der Waals surface area contributed by atoms with Crippen LogP contribution in [0, 0.1) is 5.92 Å². The van der Waals surface area contributed by atoms with Gasteiger partial charge in [0.25, 0.3) is 0 Å². The molecule has 4 heteroatoms. The Morgan fingerprint density at radius 1 is 1.50 bits per heavy atom. The first-order valence-electron chi connectivity index (χ1n) is 5.84. The van der Waals surface area contributed by atoms with Crippen LogP contribution in [0.25, 0.3) is 0 Å². The molecule has 0 fully saturated rings. The Morgan fingerprint density at radius 2 is 2.25 bits per heavy atom. The minimum atomic E-state index is 0.717. The Hall–Kier alpha value is -0.540. The second-order valence-electron chi connectivity index (χ2n) is 4.63. The molecule has 1 heterocycles. The Morgan fingerprint density at radius 3 is 2.81 bits per heavy atom. The summed E-state index contributed by atoms with van der Waals surface area (Å²) >= 11 is 5.72. The number of rotatable bonds is 7. The molecular weight excluding hydrogens is 222 g/mol. The first kappa shape index (κ1) is 13.5. The Kier molecular flexibility index (Phi) is 5.85. The summed E-state index contributed by atoms with van der Waals surface area (Å²) in [4.78, 5) is 2.34. The molecule has 1 rings (SSSR count). The molecule has 0 spiro atoms. The molecule has 3 nitrogen and oxygen atoms in total. The van der Waals surface area contributed by atoms with Crippen LogP contribution in [-0.4, -0.2) is 34.2 Å². The lowest BCUT2D eigenvalue weighted by molar-refractivity contribution is 0.296. The molecule has 16 heavy (non-hydrogen) atoms. The van der Waals surface area contributed by atoms with Crippen LogP contribution in [0.3, 0.4) is 0 Å². The third-order valence-corrected chi connectivity index (χ3v) is 3.03. The fourth-order valence-corrected chi connectivity index (χ4v) is 2.09. The Labute approximate surface area is 103 Å². The topological polar surface area (TPSA) is 21.1 Å². The molecule has 0 saturated heterocycles. The molecule has 0 amide bonds. The van der Waals surface area contributed by atoms with E-state index in [0.717, 1.165) is 25.4 Å². The SMILES string of the molecule is CC(CCCl)CCN(C)Cc1cnn(C)c1. The lowest BCUT2D eigenvalue weighted by atomic mass is 10.1. The van der Waals surface area contributed by atoms with E-state index in [0.29, 0.717) is 5.92 Å². The standard InChI is InChI=1S/C12H22ClN3/c1-11(4-6-13)5-7-15(2)9-12-8-14-16(3)10-12/h8,10-11H,4-7,9H2,1-3H3. The van der Waals surface area contributed by atoms with Crippen molar-refractivity contribution in [1.82, 2.24) is 14.7 Å². The number of alkyl halides is 1. The fourth-order valence-electron chi connectivity index (χ4n) is 1.72. The molecule has 0 aromatic carbocycles. The number of halogens is 1. The van der Waals surface area contributed by atoms with Gasteiger partial charge in [-0.15, -0.1) is 11.6 Å². The number of hydrogen-bond acceptors (Lipinski definition) is 2. The molecule has 1 aromatic heterocycles. The maximum atomic E-state index is 5.72. The average molecular weight is 244 g/mol. The van der Waals surface area contributed by atoms with Crippen molar-refractivity contribution in [3.63, 3.8) is 0 Å². The monoisotopic (exact) mass is 243 g/mol. The number of hydrogen-bond donors (Lipinski definition) is 0. The van der Waals surface area contributed by atoms with E-state index in [1.54, 1.807) is 0 Å².